The molecule has 1 aromatic carbocycles. The van der Waals surface area contributed by atoms with E-state index in [-0.39, 0.29) is 5.02 Å². The Morgan fingerprint density at radius 3 is 1.90 bits per heavy atom. The van der Waals surface area contributed by atoms with Crippen LogP contribution < -0.4 is 5.32 Å². The second kappa shape index (κ2) is 5.13. The molecule has 112 valence electrons. The van der Waals surface area contributed by atoms with Crippen molar-refractivity contribution in [3.05, 3.63) is 34.9 Å². The molecule has 0 fully saturated rings. The lowest BCUT2D eigenvalue weighted by Crippen LogP contribution is -2.67. The first-order valence-corrected chi connectivity index (χ1v) is 5.21. The fourth-order valence-corrected chi connectivity index (χ4v) is 1.40. The van der Waals surface area contributed by atoms with E-state index in [0.717, 1.165) is 12.1 Å². The van der Waals surface area contributed by atoms with Gasteiger partial charge in [0.2, 0.25) is 0 Å². The normalized spacial score (nSPS) is 13.2. The van der Waals surface area contributed by atoms with Crippen molar-refractivity contribution in [3.8, 4) is 0 Å². The first-order valence-electron chi connectivity index (χ1n) is 4.83. The van der Waals surface area contributed by atoms with Gasteiger partial charge < -0.3 is 10.4 Å². The van der Waals surface area contributed by atoms with Crippen LogP contribution in [-0.4, -0.2) is 29.1 Å². The smallest absolute Gasteiger partial charge is 0.357 e. The zero-order valence-corrected chi connectivity index (χ0v) is 10.1. The van der Waals surface area contributed by atoms with Gasteiger partial charge in [-0.05, 0) is 12.1 Å². The molecule has 0 radical (unpaired) electrons. The molecule has 2 N–H and O–H groups in total. The zero-order valence-electron chi connectivity index (χ0n) is 9.31. The lowest BCUT2D eigenvalue weighted by atomic mass is 10.1. The molecule has 0 unspecified atom stereocenters. The molecular weight excluding hydrogens is 316 g/mol. The van der Waals surface area contributed by atoms with E-state index in [4.69, 9.17) is 16.7 Å². The van der Waals surface area contributed by atoms with E-state index < -0.39 is 29.5 Å². The van der Waals surface area contributed by atoms with Gasteiger partial charge in [0, 0.05) is 0 Å². The number of alkyl halides is 6. The molecule has 1 aromatic rings. The SMILES string of the molecule is O=C(NC(O)(C(F)(F)F)C(F)(F)F)c1ccccc1Cl. The highest BCUT2D eigenvalue weighted by atomic mass is 35.5. The van der Waals surface area contributed by atoms with Crippen LogP contribution >= 0.6 is 11.6 Å². The molecule has 0 atom stereocenters. The summed E-state index contributed by atoms with van der Waals surface area (Å²) < 4.78 is 74.2. The van der Waals surface area contributed by atoms with Crippen molar-refractivity contribution in [2.75, 3.05) is 0 Å². The number of benzene rings is 1. The molecule has 1 amide bonds. The summed E-state index contributed by atoms with van der Waals surface area (Å²) in [6.45, 7) is 0. The second-order valence-electron chi connectivity index (χ2n) is 3.64. The van der Waals surface area contributed by atoms with E-state index in [1.165, 1.54) is 12.1 Å². The number of nitrogens with one attached hydrogen (secondary N) is 1. The summed E-state index contributed by atoms with van der Waals surface area (Å²) >= 11 is 5.47. The minimum atomic E-state index is -6.15. The highest BCUT2D eigenvalue weighted by Gasteiger charge is 2.71. The highest BCUT2D eigenvalue weighted by molar-refractivity contribution is 6.33. The summed E-state index contributed by atoms with van der Waals surface area (Å²) in [4.78, 5) is 11.4. The quantitative estimate of drug-likeness (QED) is 0.650. The van der Waals surface area contributed by atoms with Gasteiger partial charge in [-0.1, -0.05) is 23.7 Å². The van der Waals surface area contributed by atoms with E-state index in [2.05, 4.69) is 0 Å². The number of rotatable bonds is 2. The third-order valence-electron chi connectivity index (χ3n) is 2.23. The van der Waals surface area contributed by atoms with Gasteiger partial charge >= 0.3 is 18.1 Å². The molecule has 0 aliphatic carbocycles. The lowest BCUT2D eigenvalue weighted by Gasteiger charge is -2.32. The molecule has 10 heteroatoms. The zero-order chi connectivity index (χ0) is 15.8. The summed E-state index contributed by atoms with van der Waals surface area (Å²) in [5.41, 5.74) is -6.00. The van der Waals surface area contributed by atoms with E-state index in [0.29, 0.717) is 5.32 Å². The molecular formula is C10H6ClF6NO2. The average Bonchev–Trinajstić information content (AvgIpc) is 2.26. The largest absolute Gasteiger partial charge is 0.446 e. The molecule has 0 spiro atoms. The van der Waals surface area contributed by atoms with Crippen LogP contribution in [0.3, 0.4) is 0 Å². The van der Waals surface area contributed by atoms with Crippen molar-refractivity contribution in [1.82, 2.24) is 5.32 Å². The second-order valence-corrected chi connectivity index (χ2v) is 4.05. The van der Waals surface area contributed by atoms with Crippen molar-refractivity contribution >= 4 is 17.5 Å². The summed E-state index contributed by atoms with van der Waals surface area (Å²) in [6.07, 6.45) is -12.3. The number of carbonyl (C=O) groups is 1. The van der Waals surface area contributed by atoms with Crippen molar-refractivity contribution < 1.29 is 36.2 Å². The van der Waals surface area contributed by atoms with Gasteiger partial charge in [-0.25, -0.2) is 0 Å². The third kappa shape index (κ3) is 2.98. The van der Waals surface area contributed by atoms with Crippen molar-refractivity contribution in [3.63, 3.8) is 0 Å². The minimum Gasteiger partial charge on any atom is -0.357 e. The number of amides is 1. The maximum absolute atomic E-state index is 12.4. The number of carbonyl (C=O) groups excluding carboxylic acids is 1. The fourth-order valence-electron chi connectivity index (χ4n) is 1.18. The first-order chi connectivity index (χ1) is 8.90. The maximum Gasteiger partial charge on any atom is 0.446 e. The molecule has 0 aliphatic heterocycles. The number of hydrogen-bond acceptors (Lipinski definition) is 2. The minimum absolute atomic E-state index is 0.364. The molecule has 0 saturated heterocycles. The summed E-state index contributed by atoms with van der Waals surface area (Å²) in [7, 11) is 0. The van der Waals surface area contributed by atoms with Crippen LogP contribution in [0.1, 0.15) is 10.4 Å². The van der Waals surface area contributed by atoms with Crippen LogP contribution in [0.25, 0.3) is 0 Å². The molecule has 0 saturated carbocycles. The lowest BCUT2D eigenvalue weighted by molar-refractivity contribution is -0.375. The van der Waals surface area contributed by atoms with Crippen molar-refractivity contribution in [1.29, 1.82) is 0 Å². The van der Waals surface area contributed by atoms with E-state index in [1.54, 1.807) is 0 Å². The Bertz CT molecular complexity index is 499. The molecule has 3 nitrogen and oxygen atoms in total. The molecule has 0 heterocycles. The van der Waals surface area contributed by atoms with Crippen molar-refractivity contribution in [2.24, 2.45) is 0 Å². The average molecular weight is 322 g/mol. The Morgan fingerprint density at radius 2 is 1.50 bits per heavy atom. The monoisotopic (exact) mass is 321 g/mol. The van der Waals surface area contributed by atoms with E-state index in [9.17, 15) is 31.1 Å². The van der Waals surface area contributed by atoms with Gasteiger partial charge in [-0.3, -0.25) is 4.79 Å². The van der Waals surface area contributed by atoms with E-state index in [1.807, 2.05) is 0 Å². The predicted octanol–water partition coefficient (Wildman–Crippen LogP) is 2.88. The topological polar surface area (TPSA) is 49.3 Å². The fraction of sp³-hybridized carbons (Fsp3) is 0.300. The summed E-state index contributed by atoms with van der Waals surface area (Å²) in [5.74, 6) is -1.81. The van der Waals surface area contributed by atoms with Gasteiger partial charge in [0.1, 0.15) is 0 Å². The molecule has 1 rings (SSSR count). The number of aliphatic hydroxyl groups is 1. The van der Waals surface area contributed by atoms with E-state index >= 15 is 0 Å². The Hall–Kier alpha value is -1.48. The molecule has 0 aliphatic rings. The summed E-state index contributed by atoms with van der Waals surface area (Å²) in [5, 5.41) is 8.93. The Kier molecular flexibility index (Phi) is 4.25. The van der Waals surface area contributed by atoms with Crippen LogP contribution in [0.15, 0.2) is 24.3 Å². The Labute approximate surface area is 113 Å². The van der Waals surface area contributed by atoms with Gasteiger partial charge in [-0.15, -0.1) is 0 Å². The van der Waals surface area contributed by atoms with Crippen LogP contribution in [0.4, 0.5) is 26.3 Å². The van der Waals surface area contributed by atoms with Crippen LogP contribution in [0.2, 0.25) is 5.02 Å². The van der Waals surface area contributed by atoms with Crippen LogP contribution in [-0.2, 0) is 0 Å². The van der Waals surface area contributed by atoms with Gasteiger partial charge in [-0.2, -0.15) is 26.3 Å². The molecule has 0 bridgehead atoms. The Balaban J connectivity index is 3.17. The number of halogens is 7. The van der Waals surface area contributed by atoms with Gasteiger partial charge in [0.05, 0.1) is 10.6 Å². The Morgan fingerprint density at radius 1 is 1.05 bits per heavy atom. The maximum atomic E-state index is 12.4. The highest BCUT2D eigenvalue weighted by Crippen LogP contribution is 2.41. The number of hydrogen-bond donors (Lipinski definition) is 2. The van der Waals surface area contributed by atoms with Gasteiger partial charge in [0.25, 0.3) is 5.91 Å². The summed E-state index contributed by atoms with van der Waals surface area (Å²) in [6, 6.07) is 4.50. The van der Waals surface area contributed by atoms with Crippen LogP contribution in [0.5, 0.6) is 0 Å². The predicted molar refractivity (Wildman–Crippen MR) is 56.0 cm³/mol. The molecule has 0 aromatic heterocycles. The third-order valence-corrected chi connectivity index (χ3v) is 2.56. The van der Waals surface area contributed by atoms with Crippen LogP contribution in [0, 0.1) is 0 Å². The van der Waals surface area contributed by atoms with Gasteiger partial charge in [0.15, 0.2) is 0 Å². The van der Waals surface area contributed by atoms with Crippen molar-refractivity contribution in [2.45, 2.75) is 18.1 Å². The molecule has 20 heavy (non-hydrogen) atoms. The standard InChI is InChI=1S/C10H6ClF6NO2/c11-6-4-2-1-3-5(6)7(19)18-8(20,9(12,13)14)10(15,16)17/h1-4,20H,(H,18,19). The first kappa shape index (κ1) is 16.6.